The van der Waals surface area contributed by atoms with Crippen LogP contribution in [0.1, 0.15) is 67.0 Å². The molecule has 0 aromatic carbocycles. The number of carbonyl (C=O) groups excluding carboxylic acids is 1. The molecule has 1 amide bonds. The number of nitrogens with zero attached hydrogens (tertiary/aromatic N) is 2. The topological polar surface area (TPSA) is 75.0 Å². The monoisotopic (exact) mass is 274 g/mol. The fourth-order valence-electron chi connectivity index (χ4n) is 4.05. The van der Waals surface area contributed by atoms with Crippen LogP contribution in [-0.2, 0) is 0 Å². The lowest BCUT2D eigenvalue weighted by Crippen LogP contribution is -2.46. The number of nitrogens with one attached hydrogen (secondary N) is 1. The van der Waals surface area contributed by atoms with Crippen LogP contribution in [0.3, 0.4) is 0 Å². The van der Waals surface area contributed by atoms with Crippen LogP contribution in [0.25, 0.3) is 0 Å². The maximum absolute atomic E-state index is 12.8. The van der Waals surface area contributed by atoms with E-state index in [0.717, 1.165) is 37.9 Å². The number of H-pyrrole nitrogens is 1. The Labute approximate surface area is 118 Å². The average Bonchev–Trinajstić information content (AvgIpc) is 3.05. The Morgan fingerprint density at radius 3 is 2.80 bits per heavy atom. The smallest absolute Gasteiger partial charge is 0.276 e. The van der Waals surface area contributed by atoms with E-state index in [1.54, 1.807) is 0 Å². The van der Waals surface area contributed by atoms with Gasteiger partial charge in [-0.1, -0.05) is 6.42 Å². The SMILES string of the molecule is Nc1c(C(=O)N2CCCC3CCCC32)n[nH]c1C1CC1. The summed E-state index contributed by atoms with van der Waals surface area (Å²) in [5, 5.41) is 7.22. The molecule has 5 heteroatoms. The van der Waals surface area contributed by atoms with Crippen LogP contribution < -0.4 is 5.73 Å². The number of likely N-dealkylation sites (tertiary alicyclic amines) is 1. The molecule has 1 saturated heterocycles. The van der Waals surface area contributed by atoms with Gasteiger partial charge in [0.1, 0.15) is 0 Å². The van der Waals surface area contributed by atoms with Crippen LogP contribution in [0.5, 0.6) is 0 Å². The van der Waals surface area contributed by atoms with Crippen molar-refractivity contribution in [3.05, 3.63) is 11.4 Å². The van der Waals surface area contributed by atoms with Gasteiger partial charge in [-0.3, -0.25) is 9.89 Å². The summed E-state index contributed by atoms with van der Waals surface area (Å²) in [6.45, 7) is 0.866. The van der Waals surface area contributed by atoms with Gasteiger partial charge in [0, 0.05) is 18.5 Å². The van der Waals surface area contributed by atoms with Crippen LogP contribution in [0.4, 0.5) is 5.69 Å². The van der Waals surface area contributed by atoms with Crippen LogP contribution in [0.15, 0.2) is 0 Å². The van der Waals surface area contributed by atoms with Gasteiger partial charge >= 0.3 is 0 Å². The summed E-state index contributed by atoms with van der Waals surface area (Å²) < 4.78 is 0. The Bertz CT molecular complexity index is 534. The highest BCUT2D eigenvalue weighted by Gasteiger charge is 2.39. The molecule has 108 valence electrons. The summed E-state index contributed by atoms with van der Waals surface area (Å²) in [5.41, 5.74) is 8.18. The molecule has 2 unspecified atom stereocenters. The van der Waals surface area contributed by atoms with Crippen LogP contribution in [0.2, 0.25) is 0 Å². The van der Waals surface area contributed by atoms with Gasteiger partial charge in [-0.15, -0.1) is 0 Å². The molecule has 20 heavy (non-hydrogen) atoms. The van der Waals surface area contributed by atoms with E-state index in [1.165, 1.54) is 19.3 Å². The second-order valence-corrected chi connectivity index (χ2v) is 6.57. The average molecular weight is 274 g/mol. The molecule has 1 aromatic rings. The zero-order valence-electron chi connectivity index (χ0n) is 11.8. The van der Waals surface area contributed by atoms with E-state index < -0.39 is 0 Å². The van der Waals surface area contributed by atoms with Gasteiger partial charge in [-0.25, -0.2) is 0 Å². The van der Waals surface area contributed by atoms with E-state index in [9.17, 15) is 4.79 Å². The molecule has 0 spiro atoms. The summed E-state index contributed by atoms with van der Waals surface area (Å²) >= 11 is 0. The molecule has 3 N–H and O–H groups in total. The lowest BCUT2D eigenvalue weighted by Gasteiger charge is -2.37. The Morgan fingerprint density at radius 1 is 1.20 bits per heavy atom. The van der Waals surface area contributed by atoms with Crippen molar-refractivity contribution in [2.75, 3.05) is 12.3 Å². The zero-order valence-corrected chi connectivity index (χ0v) is 11.8. The highest BCUT2D eigenvalue weighted by Crippen LogP contribution is 2.43. The molecule has 3 aliphatic rings. The van der Waals surface area contributed by atoms with Crippen molar-refractivity contribution in [3.63, 3.8) is 0 Å². The molecular weight excluding hydrogens is 252 g/mol. The third-order valence-corrected chi connectivity index (χ3v) is 5.28. The third-order valence-electron chi connectivity index (χ3n) is 5.28. The van der Waals surface area contributed by atoms with Gasteiger partial charge in [0.2, 0.25) is 0 Å². The van der Waals surface area contributed by atoms with E-state index in [-0.39, 0.29) is 5.91 Å². The van der Waals surface area contributed by atoms with Crippen molar-refractivity contribution in [1.82, 2.24) is 15.1 Å². The first kappa shape index (κ1) is 12.2. The quantitative estimate of drug-likeness (QED) is 0.868. The largest absolute Gasteiger partial charge is 0.395 e. The van der Waals surface area contributed by atoms with Crippen LogP contribution >= 0.6 is 0 Å². The number of aromatic nitrogens is 2. The highest BCUT2D eigenvalue weighted by molar-refractivity contribution is 5.98. The van der Waals surface area contributed by atoms with Crippen molar-refractivity contribution in [3.8, 4) is 0 Å². The van der Waals surface area contributed by atoms with Gasteiger partial charge in [0.25, 0.3) is 5.91 Å². The first-order valence-electron chi connectivity index (χ1n) is 7.90. The fraction of sp³-hybridized carbons (Fsp3) is 0.733. The number of amides is 1. The molecule has 5 nitrogen and oxygen atoms in total. The summed E-state index contributed by atoms with van der Waals surface area (Å²) in [6, 6.07) is 0.428. The third kappa shape index (κ3) is 1.83. The number of piperidine rings is 1. The molecule has 0 bridgehead atoms. The van der Waals surface area contributed by atoms with Gasteiger partial charge in [0.15, 0.2) is 5.69 Å². The number of nitrogen functional groups attached to an aromatic ring is 1. The van der Waals surface area contributed by atoms with Crippen LogP contribution in [-0.4, -0.2) is 33.6 Å². The van der Waals surface area contributed by atoms with Crippen molar-refractivity contribution in [2.45, 2.75) is 56.9 Å². The van der Waals surface area contributed by atoms with Gasteiger partial charge in [-0.2, -0.15) is 5.10 Å². The van der Waals surface area contributed by atoms with Gasteiger partial charge < -0.3 is 10.6 Å². The van der Waals surface area contributed by atoms with Crippen molar-refractivity contribution in [2.24, 2.45) is 5.92 Å². The second kappa shape index (κ2) is 4.50. The molecule has 3 fully saturated rings. The molecule has 2 heterocycles. The van der Waals surface area contributed by atoms with Crippen molar-refractivity contribution in [1.29, 1.82) is 0 Å². The Hall–Kier alpha value is -1.52. The Kier molecular flexibility index (Phi) is 2.75. The van der Waals surface area contributed by atoms with Crippen LogP contribution in [0, 0.1) is 5.92 Å². The summed E-state index contributed by atoms with van der Waals surface area (Å²) in [4.78, 5) is 14.8. The van der Waals surface area contributed by atoms with E-state index >= 15 is 0 Å². The van der Waals surface area contributed by atoms with E-state index in [4.69, 9.17) is 5.73 Å². The lowest BCUT2D eigenvalue weighted by atomic mass is 9.91. The zero-order chi connectivity index (χ0) is 13.7. The minimum atomic E-state index is 0.0438. The number of rotatable bonds is 2. The minimum absolute atomic E-state index is 0.0438. The normalized spacial score (nSPS) is 29.5. The standard InChI is InChI=1S/C15H22N4O/c16-12-13(10-6-7-10)17-18-14(12)15(20)19-8-2-4-9-3-1-5-11(9)19/h9-11H,1-8,16H2,(H,17,18). The van der Waals surface area contributed by atoms with Gasteiger partial charge in [0.05, 0.1) is 11.4 Å². The first-order valence-corrected chi connectivity index (χ1v) is 7.90. The lowest BCUT2D eigenvalue weighted by molar-refractivity contribution is 0.0543. The predicted molar refractivity (Wildman–Crippen MR) is 76.4 cm³/mol. The molecule has 2 atom stereocenters. The molecule has 0 radical (unpaired) electrons. The molecule has 1 aliphatic heterocycles. The molecule has 2 aliphatic carbocycles. The minimum Gasteiger partial charge on any atom is -0.395 e. The number of aromatic amines is 1. The fourth-order valence-corrected chi connectivity index (χ4v) is 4.05. The van der Waals surface area contributed by atoms with E-state index in [1.807, 2.05) is 4.90 Å². The van der Waals surface area contributed by atoms with E-state index in [2.05, 4.69) is 10.2 Å². The second-order valence-electron chi connectivity index (χ2n) is 6.57. The molecular formula is C15H22N4O. The predicted octanol–water partition coefficient (Wildman–Crippen LogP) is 2.27. The number of hydrogen-bond acceptors (Lipinski definition) is 3. The summed E-state index contributed by atoms with van der Waals surface area (Å²) in [7, 11) is 0. The number of anilines is 1. The Balaban J connectivity index is 1.59. The number of carbonyl (C=O) groups is 1. The number of fused-ring (bicyclic) bond motifs is 1. The Morgan fingerprint density at radius 2 is 2.00 bits per heavy atom. The van der Waals surface area contributed by atoms with E-state index in [0.29, 0.717) is 29.3 Å². The first-order chi connectivity index (χ1) is 9.75. The molecule has 1 aromatic heterocycles. The van der Waals surface area contributed by atoms with Crippen molar-refractivity contribution >= 4 is 11.6 Å². The summed E-state index contributed by atoms with van der Waals surface area (Å²) in [5.74, 6) is 1.25. The maximum Gasteiger partial charge on any atom is 0.276 e. The highest BCUT2D eigenvalue weighted by atomic mass is 16.2. The van der Waals surface area contributed by atoms with Gasteiger partial charge in [-0.05, 0) is 44.4 Å². The summed E-state index contributed by atoms with van der Waals surface area (Å²) in [6.07, 6.45) is 8.39. The molecule has 2 saturated carbocycles. The number of nitrogens with two attached hydrogens (primary N) is 1. The van der Waals surface area contributed by atoms with Crippen molar-refractivity contribution < 1.29 is 4.79 Å². The number of hydrogen-bond donors (Lipinski definition) is 2. The maximum atomic E-state index is 12.8. The molecule has 4 rings (SSSR count).